The molecule has 2 atom stereocenters. The van der Waals surface area contributed by atoms with Gasteiger partial charge < -0.3 is 57.7 Å². The zero-order chi connectivity index (χ0) is 58.3. The maximum Gasteiger partial charge on any atom is 1.00 e. The monoisotopic (exact) mass is 1160 g/mol. The van der Waals surface area contributed by atoms with Gasteiger partial charge in [-0.25, -0.2) is 4.79 Å². The van der Waals surface area contributed by atoms with Crippen LogP contribution in [0.5, 0.6) is 5.75 Å². The van der Waals surface area contributed by atoms with E-state index < -0.39 is 45.2 Å². The summed E-state index contributed by atoms with van der Waals surface area (Å²) in [6.07, 6.45) is 25.1. The number of aryl methyl sites for hydroxylation is 2. The molecule has 0 bridgehead atoms. The third-order valence-corrected chi connectivity index (χ3v) is 13.1. The van der Waals surface area contributed by atoms with Crippen molar-refractivity contribution in [3.05, 3.63) is 100 Å². The Balaban J connectivity index is 0.000000894. The number of carbonyl (C=O) groups excluding carboxylic acids is 4. The summed E-state index contributed by atoms with van der Waals surface area (Å²) in [5.74, 6) is -0.636. The van der Waals surface area contributed by atoms with Crippen LogP contribution in [0.15, 0.2) is 66.7 Å². The van der Waals surface area contributed by atoms with E-state index in [1.54, 1.807) is 0 Å². The molecule has 17 nitrogen and oxygen atoms in total. The summed E-state index contributed by atoms with van der Waals surface area (Å²) in [5, 5.41) is 4.89. The number of phosphoric ester groups is 1. The zero-order valence-corrected chi connectivity index (χ0v) is 52.7. The van der Waals surface area contributed by atoms with E-state index in [1.807, 2.05) is 26.0 Å². The molecule has 3 rings (SSSR count). The molecule has 0 fully saturated rings. The van der Waals surface area contributed by atoms with Crippen molar-refractivity contribution in [1.29, 1.82) is 0 Å². The predicted molar refractivity (Wildman–Crippen MR) is 314 cm³/mol. The Labute approximate surface area is 506 Å². The quantitative estimate of drug-likeness (QED) is 0.0135. The van der Waals surface area contributed by atoms with Gasteiger partial charge in [0.05, 0.1) is 33.0 Å². The number of nitrogens with one attached hydrogen (secondary N) is 2. The van der Waals surface area contributed by atoms with E-state index >= 15 is 0 Å². The molecular formula is C62H94N2NaO15P. The Morgan fingerprint density at radius 2 is 1.12 bits per heavy atom. The average Bonchev–Trinajstić information content (AvgIpc) is 3.44. The largest absolute Gasteiger partial charge is 1.00 e. The summed E-state index contributed by atoms with van der Waals surface area (Å²) in [5.41, 5.74) is 7.33. The molecule has 19 heteroatoms. The molecule has 0 saturated carbocycles. The van der Waals surface area contributed by atoms with Crippen molar-refractivity contribution in [3.63, 3.8) is 0 Å². The number of ether oxygens (including phenoxy) is 7. The van der Waals surface area contributed by atoms with Crippen LogP contribution in [-0.4, -0.2) is 116 Å². The summed E-state index contributed by atoms with van der Waals surface area (Å²) in [6.45, 7) is 12.7. The van der Waals surface area contributed by atoms with Crippen molar-refractivity contribution in [3.8, 4) is 5.75 Å². The van der Waals surface area contributed by atoms with Gasteiger partial charge in [0, 0.05) is 39.6 Å². The summed E-state index contributed by atoms with van der Waals surface area (Å²) in [6, 6.07) is 23.3. The smallest absolute Gasteiger partial charge is 0.756 e. The van der Waals surface area contributed by atoms with Crippen LogP contribution in [0, 0.1) is 13.8 Å². The Bertz CT molecular complexity index is 2230. The molecule has 0 aliphatic carbocycles. The fourth-order valence-corrected chi connectivity index (χ4v) is 8.46. The summed E-state index contributed by atoms with van der Waals surface area (Å²) in [4.78, 5) is 59.0. The van der Waals surface area contributed by atoms with Crippen LogP contribution in [0.3, 0.4) is 0 Å². The zero-order valence-electron chi connectivity index (χ0n) is 49.8. The minimum Gasteiger partial charge on any atom is -0.756 e. The van der Waals surface area contributed by atoms with Crippen LogP contribution in [0.1, 0.15) is 164 Å². The number of rotatable bonds is 44. The third-order valence-electron chi connectivity index (χ3n) is 12.1. The molecule has 3 aromatic carbocycles. The topological polar surface area (TPSA) is 216 Å². The maximum absolute atomic E-state index is 12.2. The van der Waals surface area contributed by atoms with Crippen molar-refractivity contribution in [2.24, 2.45) is 0 Å². The Kier molecular flexibility index (Phi) is 45.2. The fourth-order valence-electron chi connectivity index (χ4n) is 7.72. The molecule has 0 aliphatic rings. The normalized spacial score (nSPS) is 12.2. The van der Waals surface area contributed by atoms with Gasteiger partial charge in [-0.05, 0) is 74.1 Å². The minimum atomic E-state index is -4.84. The first kappa shape index (κ1) is 74.6. The van der Waals surface area contributed by atoms with Crippen LogP contribution in [0.4, 0.5) is 4.79 Å². The SMILES string of the molecule is CCCCCCCCCCCCCCCCCC(=O)OCC(COP(=O)([O-])OCCNC(=O)OCCOCC(=O)NCCOCC)OC(C)=O.CCOCCOc1ccc(/C=C/c2ccc(/C=C/c3ccc(C)cc3)cc2C)cc1.[Na+]. The molecule has 448 valence electrons. The van der Waals surface area contributed by atoms with Crippen LogP contribution >= 0.6 is 7.82 Å². The van der Waals surface area contributed by atoms with E-state index in [9.17, 15) is 28.6 Å². The molecule has 2 amide bonds. The van der Waals surface area contributed by atoms with Crippen LogP contribution < -0.4 is 49.8 Å². The third kappa shape index (κ3) is 42.1. The second kappa shape index (κ2) is 49.1. The number of phosphoric acid groups is 1. The first-order valence-corrected chi connectivity index (χ1v) is 30.3. The molecule has 0 radical (unpaired) electrons. The van der Waals surface area contributed by atoms with Crippen molar-refractivity contribution in [2.75, 3.05) is 85.8 Å². The number of amides is 2. The summed E-state index contributed by atoms with van der Waals surface area (Å²) in [7, 11) is -4.84. The van der Waals surface area contributed by atoms with Gasteiger partial charge in [0.25, 0.3) is 7.82 Å². The molecule has 81 heavy (non-hydrogen) atoms. The standard InChI is InChI=1S/C34H65N2O13P.C28H30O2.Na/c1-4-6-7-8-9-10-11-12-13-14-15-16-17-18-19-20-33(39)46-27-31(49-30(3)37)28-48-50(41,42)47-24-22-36-34(40)45-26-25-44-29-32(38)35-21-23-43-5-2;1-4-29-19-20-30-28-17-13-25(14-18-28)11-15-27-16-12-26(21-23(27)3)10-9-24-7-5-22(2)6-8-24;/h31H,4-29H2,1-3H3,(H,35,38)(H,36,40)(H,41,42);5-18,21H,4,19-20H2,1-3H3;/q;;+1/p-1/b;10-9+,15-11+;. The number of carbonyl (C=O) groups is 4. The number of unbranched alkanes of at least 4 members (excludes halogenated alkanes) is 14. The molecule has 0 aliphatic heterocycles. The number of alkyl carbamates (subject to hydrolysis) is 1. The second-order valence-corrected chi connectivity index (χ2v) is 20.6. The summed E-state index contributed by atoms with van der Waals surface area (Å²) < 4.78 is 57.8. The number of hydrogen-bond donors (Lipinski definition) is 2. The molecule has 2 N–H and O–H groups in total. The van der Waals surface area contributed by atoms with Gasteiger partial charge >= 0.3 is 47.6 Å². The van der Waals surface area contributed by atoms with Crippen LogP contribution in [0.25, 0.3) is 24.3 Å². The van der Waals surface area contributed by atoms with Gasteiger partial charge in [-0.15, -0.1) is 0 Å². The Morgan fingerprint density at radius 3 is 1.73 bits per heavy atom. The fraction of sp³-hybridized carbons (Fsp3) is 0.581. The average molecular weight is 1160 g/mol. The van der Waals surface area contributed by atoms with Gasteiger partial charge in [-0.3, -0.25) is 18.9 Å². The molecule has 2 unspecified atom stereocenters. The van der Waals surface area contributed by atoms with Crippen LogP contribution in [-0.2, 0) is 56.4 Å². The molecule has 0 saturated heterocycles. The number of esters is 2. The number of hydrogen-bond acceptors (Lipinski definition) is 15. The van der Waals surface area contributed by atoms with E-state index in [1.165, 1.54) is 98.4 Å². The van der Waals surface area contributed by atoms with E-state index in [2.05, 4.69) is 110 Å². The van der Waals surface area contributed by atoms with E-state index in [4.69, 9.17) is 42.2 Å². The van der Waals surface area contributed by atoms with Crippen LogP contribution in [0.2, 0.25) is 0 Å². The van der Waals surface area contributed by atoms with Gasteiger partial charge in [0.2, 0.25) is 5.91 Å². The van der Waals surface area contributed by atoms with E-state index in [0.29, 0.717) is 39.4 Å². The molecule has 3 aromatic rings. The first-order chi connectivity index (χ1) is 38.7. The molecule has 0 spiro atoms. The van der Waals surface area contributed by atoms with Crippen molar-refractivity contribution < 1.29 is 100 Å². The van der Waals surface area contributed by atoms with Crippen molar-refractivity contribution in [1.82, 2.24) is 10.6 Å². The first-order valence-electron chi connectivity index (χ1n) is 28.8. The summed E-state index contributed by atoms with van der Waals surface area (Å²) >= 11 is 0. The van der Waals surface area contributed by atoms with Gasteiger partial charge in [0.1, 0.15) is 32.2 Å². The van der Waals surface area contributed by atoms with Gasteiger partial charge in [-0.1, -0.05) is 181 Å². The van der Waals surface area contributed by atoms with E-state index in [-0.39, 0.29) is 74.9 Å². The molecular weight excluding hydrogens is 1070 g/mol. The van der Waals surface area contributed by atoms with Crippen molar-refractivity contribution >= 4 is 56.1 Å². The predicted octanol–water partition coefficient (Wildman–Crippen LogP) is 9.18. The second-order valence-electron chi connectivity index (χ2n) is 19.2. The molecule has 0 aromatic heterocycles. The maximum atomic E-state index is 12.2. The van der Waals surface area contributed by atoms with Crippen molar-refractivity contribution in [2.45, 2.75) is 150 Å². The number of benzene rings is 3. The van der Waals surface area contributed by atoms with E-state index in [0.717, 1.165) is 44.1 Å². The minimum absolute atomic E-state index is 0. The Morgan fingerprint density at radius 1 is 0.580 bits per heavy atom. The van der Waals surface area contributed by atoms with Gasteiger partial charge in [-0.2, -0.15) is 0 Å². The molecule has 0 heterocycles. The Hall–Kier alpha value is -4.39. The van der Waals surface area contributed by atoms with Gasteiger partial charge in [0.15, 0.2) is 6.10 Å².